The summed E-state index contributed by atoms with van der Waals surface area (Å²) < 4.78 is 38.6. The molecule has 1 aromatic carbocycles. The van der Waals surface area contributed by atoms with Crippen molar-refractivity contribution in [3.05, 3.63) is 35.9 Å². The average Bonchev–Trinajstić information content (AvgIpc) is 2.65. The van der Waals surface area contributed by atoms with Crippen LogP contribution in [0.15, 0.2) is 35.3 Å². The molecular formula is C19H30F3IN4O. The number of aliphatic hydroxyl groups excluding tert-OH is 1. The third-order valence-corrected chi connectivity index (χ3v) is 4.74. The number of guanidine groups is 1. The Kier molecular flexibility index (Phi) is 10.5. The van der Waals surface area contributed by atoms with Gasteiger partial charge in [-0.15, -0.1) is 24.0 Å². The third-order valence-electron chi connectivity index (χ3n) is 4.74. The molecular weight excluding hydrogens is 484 g/mol. The number of aliphatic imine (C=N–C) groups is 1. The van der Waals surface area contributed by atoms with Crippen molar-refractivity contribution < 1.29 is 18.3 Å². The van der Waals surface area contributed by atoms with Crippen LogP contribution >= 0.6 is 24.0 Å². The molecule has 1 fully saturated rings. The summed E-state index contributed by atoms with van der Waals surface area (Å²) in [5, 5.41) is 13.4. The maximum absolute atomic E-state index is 12.9. The van der Waals surface area contributed by atoms with Crippen molar-refractivity contribution in [2.45, 2.75) is 38.6 Å². The first kappa shape index (κ1) is 25.0. The molecule has 0 aromatic heterocycles. The second kappa shape index (κ2) is 11.8. The van der Waals surface area contributed by atoms with Gasteiger partial charge in [0, 0.05) is 39.1 Å². The van der Waals surface area contributed by atoms with Crippen LogP contribution in [0.3, 0.4) is 0 Å². The van der Waals surface area contributed by atoms with E-state index in [1.54, 1.807) is 0 Å². The first-order valence-corrected chi connectivity index (χ1v) is 9.37. The zero-order valence-corrected chi connectivity index (χ0v) is 18.7. The summed E-state index contributed by atoms with van der Waals surface area (Å²) in [6.07, 6.45) is -4.30. The monoisotopic (exact) mass is 514 g/mol. The standard InChI is InChI=1S/C19H29F3N4O.HI/c1-3-23-18(24-14-17(27)13-16-7-5-4-6-8-16)26-11-9-25(10-12-26)15(2)19(20,21)22;/h4-8,15,17,27H,3,9-14H2,1-2H3,(H,23,24);1H. The van der Waals surface area contributed by atoms with Crippen molar-refractivity contribution in [1.29, 1.82) is 0 Å². The van der Waals surface area contributed by atoms with Crippen molar-refractivity contribution in [3.63, 3.8) is 0 Å². The van der Waals surface area contributed by atoms with E-state index in [9.17, 15) is 18.3 Å². The molecule has 0 aliphatic carbocycles. The molecule has 5 nitrogen and oxygen atoms in total. The first-order valence-electron chi connectivity index (χ1n) is 9.37. The normalized spacial score (nSPS) is 18.4. The molecule has 160 valence electrons. The number of nitrogens with zero attached hydrogens (tertiary/aromatic N) is 3. The minimum absolute atomic E-state index is 0. The Morgan fingerprint density at radius 2 is 1.79 bits per heavy atom. The van der Waals surface area contributed by atoms with Crippen LogP contribution in [-0.4, -0.2) is 78.5 Å². The van der Waals surface area contributed by atoms with Crippen LogP contribution in [0, 0.1) is 0 Å². The summed E-state index contributed by atoms with van der Waals surface area (Å²) in [6, 6.07) is 8.26. The van der Waals surface area contributed by atoms with Gasteiger partial charge in [0.15, 0.2) is 5.96 Å². The van der Waals surface area contributed by atoms with E-state index in [1.165, 1.54) is 11.8 Å². The van der Waals surface area contributed by atoms with Crippen molar-refractivity contribution in [1.82, 2.24) is 15.1 Å². The zero-order valence-electron chi connectivity index (χ0n) is 16.3. The summed E-state index contributed by atoms with van der Waals surface area (Å²) in [5.41, 5.74) is 1.04. The highest BCUT2D eigenvalue weighted by Gasteiger charge is 2.41. The van der Waals surface area contributed by atoms with Gasteiger partial charge in [0.1, 0.15) is 6.04 Å². The van der Waals surface area contributed by atoms with E-state index in [0.717, 1.165) is 5.56 Å². The number of hydrogen-bond acceptors (Lipinski definition) is 3. The van der Waals surface area contributed by atoms with Crippen molar-refractivity contribution in [3.8, 4) is 0 Å². The molecule has 1 aromatic rings. The van der Waals surface area contributed by atoms with Gasteiger partial charge >= 0.3 is 6.18 Å². The highest BCUT2D eigenvalue weighted by molar-refractivity contribution is 14.0. The Labute approximate surface area is 182 Å². The quantitative estimate of drug-likeness (QED) is 0.349. The van der Waals surface area contributed by atoms with Gasteiger partial charge in [-0.05, 0) is 19.4 Å². The lowest BCUT2D eigenvalue weighted by Gasteiger charge is -2.39. The largest absolute Gasteiger partial charge is 0.403 e. The fourth-order valence-corrected chi connectivity index (χ4v) is 3.10. The van der Waals surface area contributed by atoms with Crippen LogP contribution in [0.25, 0.3) is 0 Å². The fourth-order valence-electron chi connectivity index (χ4n) is 3.10. The van der Waals surface area contributed by atoms with Crippen LogP contribution in [0.5, 0.6) is 0 Å². The Bertz CT molecular complexity index is 593. The maximum Gasteiger partial charge on any atom is 0.403 e. The zero-order chi connectivity index (χ0) is 19.9. The number of piperazine rings is 1. The van der Waals surface area contributed by atoms with Crippen LogP contribution in [0.1, 0.15) is 19.4 Å². The van der Waals surface area contributed by atoms with Gasteiger partial charge in [-0.25, -0.2) is 0 Å². The second-order valence-corrected chi connectivity index (χ2v) is 6.78. The smallest absolute Gasteiger partial charge is 0.391 e. The predicted molar refractivity (Wildman–Crippen MR) is 116 cm³/mol. The van der Waals surface area contributed by atoms with Crippen molar-refractivity contribution in [2.24, 2.45) is 4.99 Å². The fraction of sp³-hybridized carbons (Fsp3) is 0.632. The van der Waals surface area contributed by atoms with Crippen LogP contribution in [0.2, 0.25) is 0 Å². The molecule has 1 aliphatic rings. The van der Waals surface area contributed by atoms with Gasteiger partial charge in [-0.1, -0.05) is 30.3 Å². The van der Waals surface area contributed by atoms with E-state index in [4.69, 9.17) is 0 Å². The number of hydrogen-bond donors (Lipinski definition) is 2. The van der Waals surface area contributed by atoms with Crippen LogP contribution in [0.4, 0.5) is 13.2 Å². The molecule has 28 heavy (non-hydrogen) atoms. The molecule has 9 heteroatoms. The number of rotatable bonds is 6. The van der Waals surface area contributed by atoms with Crippen molar-refractivity contribution >= 4 is 29.9 Å². The lowest BCUT2D eigenvalue weighted by Crippen LogP contribution is -2.56. The average molecular weight is 514 g/mol. The summed E-state index contributed by atoms with van der Waals surface area (Å²) in [4.78, 5) is 7.90. The lowest BCUT2D eigenvalue weighted by atomic mass is 10.1. The number of aliphatic hydroxyl groups is 1. The summed E-state index contributed by atoms with van der Waals surface area (Å²) in [5.74, 6) is 0.643. The van der Waals surface area contributed by atoms with Gasteiger partial charge in [0.25, 0.3) is 0 Å². The maximum atomic E-state index is 12.9. The minimum atomic E-state index is -4.21. The summed E-state index contributed by atoms with van der Waals surface area (Å²) in [7, 11) is 0. The number of benzene rings is 1. The van der Waals surface area contributed by atoms with Gasteiger partial charge in [0.2, 0.25) is 0 Å². The van der Waals surface area contributed by atoms with E-state index in [2.05, 4.69) is 10.3 Å². The van der Waals surface area contributed by atoms with Gasteiger partial charge in [-0.2, -0.15) is 13.2 Å². The highest BCUT2D eigenvalue weighted by Crippen LogP contribution is 2.25. The van der Waals surface area contributed by atoms with Gasteiger partial charge < -0.3 is 15.3 Å². The molecule has 1 aliphatic heterocycles. The minimum Gasteiger partial charge on any atom is -0.391 e. The summed E-state index contributed by atoms with van der Waals surface area (Å²) >= 11 is 0. The van der Waals surface area contributed by atoms with E-state index in [0.29, 0.717) is 45.1 Å². The predicted octanol–water partition coefficient (Wildman–Crippen LogP) is 2.74. The molecule has 2 rings (SSSR count). The molecule has 1 saturated heterocycles. The lowest BCUT2D eigenvalue weighted by molar-refractivity contribution is -0.181. The Hall–Kier alpha value is -1.07. The molecule has 0 radical (unpaired) electrons. The molecule has 2 unspecified atom stereocenters. The Morgan fingerprint density at radius 1 is 1.18 bits per heavy atom. The number of halogens is 4. The van der Waals surface area contributed by atoms with Crippen molar-refractivity contribution in [2.75, 3.05) is 39.3 Å². The van der Waals surface area contributed by atoms with Crippen LogP contribution in [-0.2, 0) is 6.42 Å². The molecule has 0 bridgehead atoms. The van der Waals surface area contributed by atoms with Gasteiger partial charge in [-0.3, -0.25) is 9.89 Å². The SMILES string of the molecule is CCNC(=NCC(O)Cc1ccccc1)N1CCN(C(C)C(F)(F)F)CC1.I. The molecule has 0 spiro atoms. The Morgan fingerprint density at radius 3 is 2.32 bits per heavy atom. The number of nitrogens with one attached hydrogen (secondary N) is 1. The summed E-state index contributed by atoms with van der Waals surface area (Å²) in [6.45, 7) is 5.66. The second-order valence-electron chi connectivity index (χ2n) is 6.78. The highest BCUT2D eigenvalue weighted by atomic mass is 127. The molecule has 2 N–H and O–H groups in total. The van der Waals surface area contributed by atoms with E-state index < -0.39 is 18.3 Å². The Balaban J connectivity index is 0.00000392. The third kappa shape index (κ3) is 7.75. The van der Waals surface area contributed by atoms with E-state index in [1.807, 2.05) is 42.2 Å². The molecule has 1 heterocycles. The molecule has 0 amide bonds. The number of alkyl halides is 3. The van der Waals surface area contributed by atoms with Crippen LogP contribution < -0.4 is 5.32 Å². The van der Waals surface area contributed by atoms with E-state index >= 15 is 0 Å². The molecule has 2 atom stereocenters. The van der Waals surface area contributed by atoms with Gasteiger partial charge in [0.05, 0.1) is 12.6 Å². The topological polar surface area (TPSA) is 51.1 Å². The first-order chi connectivity index (χ1) is 12.8. The molecule has 0 saturated carbocycles. The van der Waals surface area contributed by atoms with E-state index in [-0.39, 0.29) is 30.5 Å².